The second kappa shape index (κ2) is 5.10. The van der Waals surface area contributed by atoms with Crippen LogP contribution in [0.25, 0.3) is 0 Å². The summed E-state index contributed by atoms with van der Waals surface area (Å²) in [6.45, 7) is 0. The zero-order chi connectivity index (χ0) is 13.1. The van der Waals surface area contributed by atoms with Gasteiger partial charge < -0.3 is 4.74 Å². The fraction of sp³-hybridized carbons (Fsp3) is 0. The minimum absolute atomic E-state index is 0.113. The number of halogens is 3. The van der Waals surface area contributed by atoms with Crippen LogP contribution in [0.15, 0.2) is 36.4 Å². The molecule has 0 saturated heterocycles. The van der Waals surface area contributed by atoms with Crippen LogP contribution in [0.3, 0.4) is 0 Å². The number of ether oxygens (including phenoxy) is 1. The van der Waals surface area contributed by atoms with Crippen LogP contribution in [0.4, 0.5) is 8.78 Å². The van der Waals surface area contributed by atoms with Crippen molar-refractivity contribution < 1.29 is 18.3 Å². The fourth-order valence-corrected chi connectivity index (χ4v) is 1.44. The number of aromatic nitrogens is 1. The van der Waals surface area contributed by atoms with Gasteiger partial charge in [-0.15, -0.1) is 0 Å². The van der Waals surface area contributed by atoms with Crippen LogP contribution in [-0.4, -0.2) is 11.0 Å². The first-order valence-electron chi connectivity index (χ1n) is 4.86. The Morgan fingerprint density at radius 2 is 1.78 bits per heavy atom. The molecule has 1 aromatic heterocycles. The topological polar surface area (TPSA) is 39.2 Å². The van der Waals surface area contributed by atoms with Gasteiger partial charge in [0.2, 0.25) is 11.9 Å². The second-order valence-electron chi connectivity index (χ2n) is 3.32. The molecule has 18 heavy (non-hydrogen) atoms. The van der Waals surface area contributed by atoms with E-state index < -0.39 is 17.9 Å². The number of esters is 1. The van der Waals surface area contributed by atoms with E-state index in [1.54, 1.807) is 12.1 Å². The molecule has 0 aliphatic carbocycles. The molecule has 0 aliphatic heterocycles. The zero-order valence-electron chi connectivity index (χ0n) is 8.86. The lowest BCUT2D eigenvalue weighted by atomic mass is 10.2. The summed E-state index contributed by atoms with van der Waals surface area (Å²) in [5.74, 6) is -2.99. The number of hydrogen-bond acceptors (Lipinski definition) is 3. The van der Waals surface area contributed by atoms with E-state index in [4.69, 9.17) is 16.3 Å². The summed E-state index contributed by atoms with van der Waals surface area (Å²) in [5, 5.41) is 0.223. The molecule has 6 heteroatoms. The molecule has 0 atom stereocenters. The van der Waals surface area contributed by atoms with Gasteiger partial charge >= 0.3 is 5.97 Å². The Hall–Kier alpha value is -2.01. The van der Waals surface area contributed by atoms with Crippen LogP contribution >= 0.6 is 11.6 Å². The molecule has 0 unspecified atom stereocenters. The highest BCUT2D eigenvalue weighted by atomic mass is 35.5. The maximum Gasteiger partial charge on any atom is 0.343 e. The van der Waals surface area contributed by atoms with Crippen LogP contribution < -0.4 is 4.74 Å². The average molecular weight is 270 g/mol. The molecule has 0 spiro atoms. The van der Waals surface area contributed by atoms with Gasteiger partial charge in [0, 0.05) is 12.1 Å². The van der Waals surface area contributed by atoms with Crippen molar-refractivity contribution in [2.75, 3.05) is 0 Å². The Morgan fingerprint density at radius 3 is 2.39 bits per heavy atom. The molecule has 0 saturated carbocycles. The highest BCUT2D eigenvalue weighted by Crippen LogP contribution is 2.24. The Kier molecular flexibility index (Phi) is 3.53. The van der Waals surface area contributed by atoms with E-state index in [9.17, 15) is 13.6 Å². The number of nitrogens with zero attached hydrogens (tertiary/aromatic N) is 1. The molecule has 1 aromatic carbocycles. The van der Waals surface area contributed by atoms with Crippen LogP contribution in [0.2, 0.25) is 5.02 Å². The molecule has 0 N–H and O–H groups in total. The van der Waals surface area contributed by atoms with Crippen molar-refractivity contribution in [3.05, 3.63) is 58.9 Å². The van der Waals surface area contributed by atoms with Crippen molar-refractivity contribution in [2.24, 2.45) is 0 Å². The summed E-state index contributed by atoms with van der Waals surface area (Å²) in [7, 11) is 0. The second-order valence-corrected chi connectivity index (χ2v) is 3.73. The first kappa shape index (κ1) is 12.4. The Labute approximate surface area is 106 Å². The Balaban J connectivity index is 2.25. The Morgan fingerprint density at radius 1 is 1.17 bits per heavy atom. The van der Waals surface area contributed by atoms with Crippen molar-refractivity contribution in [1.29, 1.82) is 0 Å². The lowest BCUT2D eigenvalue weighted by Crippen LogP contribution is -2.10. The normalized spacial score (nSPS) is 10.2. The van der Waals surface area contributed by atoms with Gasteiger partial charge in [-0.25, -0.2) is 4.79 Å². The van der Waals surface area contributed by atoms with Crippen LogP contribution in [-0.2, 0) is 0 Å². The monoisotopic (exact) mass is 269 g/mol. The quantitative estimate of drug-likeness (QED) is 0.477. The van der Waals surface area contributed by atoms with Crippen molar-refractivity contribution in [3.63, 3.8) is 0 Å². The molecule has 0 amide bonds. The number of benzene rings is 1. The third-order valence-corrected chi connectivity index (χ3v) is 2.35. The maximum absolute atomic E-state index is 12.8. The summed E-state index contributed by atoms with van der Waals surface area (Å²) in [4.78, 5) is 14.5. The summed E-state index contributed by atoms with van der Waals surface area (Å²) in [5.41, 5.74) is -0.278. The third kappa shape index (κ3) is 2.81. The molecular weight excluding hydrogens is 264 g/mol. The largest absolute Gasteiger partial charge is 0.421 e. The third-order valence-electron chi connectivity index (χ3n) is 2.04. The van der Waals surface area contributed by atoms with Gasteiger partial charge in [-0.3, -0.25) is 0 Å². The summed E-state index contributed by atoms with van der Waals surface area (Å²) in [6.07, 6.45) is 0. The van der Waals surface area contributed by atoms with Gasteiger partial charge in [-0.2, -0.15) is 13.8 Å². The smallest absolute Gasteiger partial charge is 0.343 e. The van der Waals surface area contributed by atoms with E-state index in [2.05, 4.69) is 4.98 Å². The summed E-state index contributed by atoms with van der Waals surface area (Å²) < 4.78 is 30.6. The predicted molar refractivity (Wildman–Crippen MR) is 60.6 cm³/mol. The summed E-state index contributed by atoms with van der Waals surface area (Å²) >= 11 is 5.78. The van der Waals surface area contributed by atoms with Crippen LogP contribution in [0.5, 0.6) is 5.75 Å². The molecular formula is C12H6ClF2NO2. The van der Waals surface area contributed by atoms with Gasteiger partial charge in [0.25, 0.3) is 0 Å². The van der Waals surface area contributed by atoms with Crippen molar-refractivity contribution >= 4 is 17.6 Å². The molecule has 2 aromatic rings. The van der Waals surface area contributed by atoms with E-state index >= 15 is 0 Å². The van der Waals surface area contributed by atoms with E-state index in [0.717, 1.165) is 12.1 Å². The number of carbonyl (C=O) groups is 1. The number of rotatable bonds is 2. The molecule has 0 radical (unpaired) electrons. The Bertz CT molecular complexity index is 584. The van der Waals surface area contributed by atoms with Gasteiger partial charge in [0.05, 0.1) is 10.6 Å². The van der Waals surface area contributed by atoms with E-state index in [1.807, 2.05) is 0 Å². The van der Waals surface area contributed by atoms with E-state index in [1.165, 1.54) is 12.1 Å². The van der Waals surface area contributed by atoms with Crippen molar-refractivity contribution in [3.8, 4) is 5.75 Å². The number of hydrogen-bond donors (Lipinski definition) is 0. The van der Waals surface area contributed by atoms with E-state index in [-0.39, 0.29) is 16.3 Å². The predicted octanol–water partition coefficient (Wildman–Crippen LogP) is 3.23. The number of pyridine rings is 1. The van der Waals surface area contributed by atoms with Gasteiger partial charge in [-0.05, 0) is 12.1 Å². The first-order chi connectivity index (χ1) is 8.56. The minimum atomic E-state index is -1.10. The van der Waals surface area contributed by atoms with Crippen LogP contribution in [0, 0.1) is 11.9 Å². The SMILES string of the molecule is O=C(Oc1ccccc1Cl)c1cc(F)nc(F)c1. The highest BCUT2D eigenvalue weighted by molar-refractivity contribution is 6.32. The standard InChI is InChI=1S/C12H6ClF2NO2/c13-8-3-1-2-4-9(8)18-12(17)7-5-10(14)16-11(15)6-7/h1-6H. The molecule has 2 rings (SSSR count). The average Bonchev–Trinajstić information content (AvgIpc) is 2.31. The van der Waals surface area contributed by atoms with Crippen molar-refractivity contribution in [2.45, 2.75) is 0 Å². The minimum Gasteiger partial charge on any atom is -0.421 e. The fourth-order valence-electron chi connectivity index (χ4n) is 1.27. The molecule has 1 heterocycles. The molecule has 92 valence electrons. The summed E-state index contributed by atoms with van der Waals surface area (Å²) in [6, 6.07) is 7.82. The van der Waals surface area contributed by atoms with Gasteiger partial charge in [0.1, 0.15) is 5.75 Å². The highest BCUT2D eigenvalue weighted by Gasteiger charge is 2.13. The van der Waals surface area contributed by atoms with Gasteiger partial charge in [-0.1, -0.05) is 23.7 Å². The van der Waals surface area contributed by atoms with Crippen molar-refractivity contribution in [1.82, 2.24) is 4.98 Å². The molecule has 0 aliphatic rings. The lowest BCUT2D eigenvalue weighted by molar-refractivity contribution is 0.0733. The molecule has 3 nitrogen and oxygen atoms in total. The van der Waals surface area contributed by atoms with E-state index in [0.29, 0.717) is 0 Å². The molecule has 0 fully saturated rings. The maximum atomic E-state index is 12.8. The number of carbonyl (C=O) groups excluding carboxylic acids is 1. The van der Waals surface area contributed by atoms with Gasteiger partial charge in [0.15, 0.2) is 0 Å². The molecule has 0 bridgehead atoms. The van der Waals surface area contributed by atoms with Crippen LogP contribution in [0.1, 0.15) is 10.4 Å². The zero-order valence-corrected chi connectivity index (χ0v) is 9.62. The number of para-hydroxylation sites is 1. The first-order valence-corrected chi connectivity index (χ1v) is 5.24. The lowest BCUT2D eigenvalue weighted by Gasteiger charge is -2.05.